The Bertz CT molecular complexity index is 764. The Kier molecular flexibility index (Phi) is 4.09. The lowest BCUT2D eigenvalue weighted by atomic mass is 10.0. The van der Waals surface area contributed by atoms with Gasteiger partial charge < -0.3 is 25.0 Å². The van der Waals surface area contributed by atoms with Gasteiger partial charge in [-0.25, -0.2) is 9.97 Å². The van der Waals surface area contributed by atoms with Gasteiger partial charge in [0.15, 0.2) is 6.10 Å². The van der Waals surface area contributed by atoms with E-state index in [9.17, 15) is 9.90 Å². The van der Waals surface area contributed by atoms with E-state index >= 15 is 0 Å². The molecule has 1 amide bonds. The van der Waals surface area contributed by atoms with Crippen LogP contribution in [-0.4, -0.2) is 74.9 Å². The van der Waals surface area contributed by atoms with Crippen molar-refractivity contribution in [2.75, 3.05) is 31.6 Å². The second kappa shape index (κ2) is 6.27. The summed E-state index contributed by atoms with van der Waals surface area (Å²) in [5.74, 6) is 1.45. The fourth-order valence-corrected chi connectivity index (χ4v) is 4.37. The number of aromatic amines is 1. The van der Waals surface area contributed by atoms with Gasteiger partial charge in [-0.05, 0) is 30.7 Å². The molecule has 8 heteroatoms. The third-order valence-electron chi connectivity index (χ3n) is 5.71. The van der Waals surface area contributed by atoms with Crippen LogP contribution in [0.5, 0.6) is 0 Å². The van der Waals surface area contributed by atoms with Crippen LogP contribution in [0.3, 0.4) is 0 Å². The largest absolute Gasteiger partial charge is 0.393 e. The van der Waals surface area contributed by atoms with E-state index < -0.39 is 12.7 Å². The number of aromatic nitrogens is 3. The third-order valence-corrected chi connectivity index (χ3v) is 5.71. The Balaban J connectivity index is 1.45. The molecule has 0 aromatic carbocycles. The second-order valence-corrected chi connectivity index (χ2v) is 7.14. The van der Waals surface area contributed by atoms with E-state index in [1.807, 2.05) is 12.3 Å². The normalized spacial score (nSPS) is 26.8. The summed E-state index contributed by atoms with van der Waals surface area (Å²) in [6.45, 7) is 0.804. The zero-order chi connectivity index (χ0) is 17.6. The summed E-state index contributed by atoms with van der Waals surface area (Å²) in [6, 6.07) is 2.37. The van der Waals surface area contributed by atoms with Gasteiger partial charge in [0.05, 0.1) is 12.0 Å². The van der Waals surface area contributed by atoms with E-state index in [0.29, 0.717) is 31.0 Å². The number of fused-ring (bicyclic) bond motifs is 2. The summed E-state index contributed by atoms with van der Waals surface area (Å²) in [4.78, 5) is 27.8. The van der Waals surface area contributed by atoms with Gasteiger partial charge in [0, 0.05) is 32.4 Å². The van der Waals surface area contributed by atoms with E-state index in [2.05, 4.69) is 26.9 Å². The van der Waals surface area contributed by atoms with Crippen LogP contribution >= 0.6 is 0 Å². The van der Waals surface area contributed by atoms with E-state index in [4.69, 9.17) is 5.11 Å². The van der Waals surface area contributed by atoms with Gasteiger partial charge in [-0.2, -0.15) is 0 Å². The summed E-state index contributed by atoms with van der Waals surface area (Å²) in [6.07, 6.45) is 4.15. The number of aliphatic hydroxyl groups excluding tert-OH is 2. The highest BCUT2D eigenvalue weighted by atomic mass is 16.3. The molecule has 3 heterocycles. The standard InChI is InChI=1S/C17H23N5O3/c1-21(16-13-2-3-18-15(13)19-9-20-16)12-4-10-6-22(7-11(10)5-12)17(25)14(24)8-23/h2-3,9-12,14,23-24H,4-8H2,1H3,(H,18,19,20)/t10-,11+,12-,14-/m1/s1. The number of nitrogens with zero attached hydrogens (tertiary/aromatic N) is 4. The molecule has 0 bridgehead atoms. The molecule has 1 aliphatic heterocycles. The minimum Gasteiger partial charge on any atom is -0.393 e. The smallest absolute Gasteiger partial charge is 0.253 e. The molecule has 4 rings (SSSR count). The first-order chi connectivity index (χ1) is 12.1. The zero-order valence-corrected chi connectivity index (χ0v) is 14.2. The first-order valence-corrected chi connectivity index (χ1v) is 8.67. The van der Waals surface area contributed by atoms with Crippen LogP contribution < -0.4 is 4.90 Å². The number of carbonyl (C=O) groups excluding carboxylic acids is 1. The molecule has 0 unspecified atom stereocenters. The molecular formula is C17H23N5O3. The number of carbonyl (C=O) groups is 1. The maximum Gasteiger partial charge on any atom is 0.253 e. The number of hydrogen-bond donors (Lipinski definition) is 3. The molecule has 0 radical (unpaired) electrons. The highest BCUT2D eigenvalue weighted by Gasteiger charge is 2.44. The molecule has 1 saturated heterocycles. The molecule has 3 N–H and O–H groups in total. The predicted molar refractivity (Wildman–Crippen MR) is 92.0 cm³/mol. The summed E-state index contributed by atoms with van der Waals surface area (Å²) in [7, 11) is 2.07. The number of H-pyrrole nitrogens is 1. The first-order valence-electron chi connectivity index (χ1n) is 8.67. The van der Waals surface area contributed by atoms with Gasteiger partial charge in [0.1, 0.15) is 17.8 Å². The lowest BCUT2D eigenvalue weighted by Gasteiger charge is -2.28. The molecule has 1 saturated carbocycles. The van der Waals surface area contributed by atoms with Crippen LogP contribution in [0.4, 0.5) is 5.82 Å². The minimum absolute atomic E-state index is 0.355. The number of anilines is 1. The van der Waals surface area contributed by atoms with Crippen LogP contribution in [0.25, 0.3) is 11.0 Å². The van der Waals surface area contributed by atoms with E-state index in [-0.39, 0.29) is 5.91 Å². The van der Waals surface area contributed by atoms with Crippen molar-refractivity contribution in [3.05, 3.63) is 18.6 Å². The zero-order valence-electron chi connectivity index (χ0n) is 14.2. The number of likely N-dealkylation sites (tertiary alicyclic amines) is 1. The Morgan fingerprint density at radius 3 is 2.80 bits per heavy atom. The van der Waals surface area contributed by atoms with E-state index in [1.165, 1.54) is 0 Å². The van der Waals surface area contributed by atoms with Gasteiger partial charge in [0.2, 0.25) is 0 Å². The molecule has 2 aliphatic rings. The number of rotatable bonds is 4. The average molecular weight is 345 g/mol. The second-order valence-electron chi connectivity index (χ2n) is 7.14. The van der Waals surface area contributed by atoms with Crippen LogP contribution in [0, 0.1) is 11.8 Å². The maximum atomic E-state index is 12.0. The molecular weight excluding hydrogens is 322 g/mol. The van der Waals surface area contributed by atoms with Gasteiger partial charge in [0.25, 0.3) is 5.91 Å². The summed E-state index contributed by atoms with van der Waals surface area (Å²) < 4.78 is 0. The van der Waals surface area contributed by atoms with Gasteiger partial charge >= 0.3 is 0 Å². The van der Waals surface area contributed by atoms with Gasteiger partial charge in [-0.1, -0.05) is 0 Å². The van der Waals surface area contributed by atoms with Crippen molar-refractivity contribution in [1.82, 2.24) is 19.9 Å². The number of hydrogen-bond acceptors (Lipinski definition) is 6. The molecule has 4 atom stereocenters. The molecule has 0 spiro atoms. The summed E-state index contributed by atoms with van der Waals surface area (Å²) >= 11 is 0. The highest BCUT2D eigenvalue weighted by Crippen LogP contribution is 2.41. The molecule has 2 aromatic heterocycles. The van der Waals surface area contributed by atoms with Crippen molar-refractivity contribution in [3.8, 4) is 0 Å². The Morgan fingerprint density at radius 1 is 1.40 bits per heavy atom. The topological polar surface area (TPSA) is 106 Å². The van der Waals surface area contributed by atoms with Crippen molar-refractivity contribution < 1.29 is 15.0 Å². The van der Waals surface area contributed by atoms with Crippen LogP contribution in [0.1, 0.15) is 12.8 Å². The van der Waals surface area contributed by atoms with E-state index in [1.54, 1.807) is 11.2 Å². The molecule has 8 nitrogen and oxygen atoms in total. The first kappa shape index (κ1) is 16.3. The average Bonchev–Trinajstić information content (AvgIpc) is 3.32. The predicted octanol–water partition coefficient (Wildman–Crippen LogP) is -0.0157. The van der Waals surface area contributed by atoms with Crippen molar-refractivity contribution in [2.45, 2.75) is 25.0 Å². The lowest BCUT2D eigenvalue weighted by molar-refractivity contribution is -0.141. The highest BCUT2D eigenvalue weighted by molar-refractivity contribution is 5.87. The quantitative estimate of drug-likeness (QED) is 0.719. The lowest BCUT2D eigenvalue weighted by Crippen LogP contribution is -2.41. The van der Waals surface area contributed by atoms with Crippen molar-refractivity contribution in [2.24, 2.45) is 11.8 Å². The fourth-order valence-electron chi connectivity index (χ4n) is 4.37. The summed E-state index contributed by atoms with van der Waals surface area (Å²) in [5.41, 5.74) is 0.838. The Labute approximate surface area is 145 Å². The Morgan fingerprint density at radius 2 is 2.12 bits per heavy atom. The minimum atomic E-state index is -1.29. The molecule has 134 valence electrons. The third kappa shape index (κ3) is 2.75. The van der Waals surface area contributed by atoms with Gasteiger partial charge in [-0.3, -0.25) is 4.79 Å². The van der Waals surface area contributed by atoms with E-state index in [0.717, 1.165) is 29.7 Å². The van der Waals surface area contributed by atoms with Crippen molar-refractivity contribution >= 4 is 22.8 Å². The number of nitrogens with one attached hydrogen (secondary N) is 1. The fraction of sp³-hybridized carbons (Fsp3) is 0.588. The molecule has 2 aromatic rings. The Hall–Kier alpha value is -2.19. The summed E-state index contributed by atoms with van der Waals surface area (Å²) in [5, 5.41) is 19.5. The van der Waals surface area contributed by atoms with Crippen LogP contribution in [0.15, 0.2) is 18.6 Å². The SMILES string of the molecule is CN(c1ncnc2[nH]ccc12)[C@@H]1C[C@@H]2CN(C(=O)[C@H](O)CO)C[C@@H]2C1. The number of aliphatic hydroxyl groups is 2. The van der Waals surface area contributed by atoms with Crippen molar-refractivity contribution in [3.63, 3.8) is 0 Å². The monoisotopic (exact) mass is 345 g/mol. The van der Waals surface area contributed by atoms with Crippen LogP contribution in [-0.2, 0) is 4.79 Å². The number of amides is 1. The van der Waals surface area contributed by atoms with Crippen molar-refractivity contribution in [1.29, 1.82) is 0 Å². The molecule has 25 heavy (non-hydrogen) atoms. The van der Waals surface area contributed by atoms with Crippen LogP contribution in [0.2, 0.25) is 0 Å². The maximum absolute atomic E-state index is 12.0. The van der Waals surface area contributed by atoms with Gasteiger partial charge in [-0.15, -0.1) is 0 Å². The molecule has 2 fully saturated rings. The molecule has 1 aliphatic carbocycles.